The summed E-state index contributed by atoms with van der Waals surface area (Å²) in [7, 11) is -3.51. The molecule has 110 valence electrons. The molecular weight excluding hydrogens is 292 g/mol. The van der Waals surface area contributed by atoms with Crippen LogP contribution in [0.4, 0.5) is 13.2 Å². The summed E-state index contributed by atoms with van der Waals surface area (Å²) in [5, 5.41) is 0. The average molecular weight is 306 g/mol. The predicted molar refractivity (Wildman–Crippen MR) is 69.2 cm³/mol. The van der Waals surface area contributed by atoms with E-state index < -0.39 is 19.3 Å². The maximum absolute atomic E-state index is 12.4. The molecule has 1 aromatic carbocycles. The highest BCUT2D eigenvalue weighted by Crippen LogP contribution is 2.46. The monoisotopic (exact) mass is 306 g/mol. The van der Waals surface area contributed by atoms with E-state index >= 15 is 0 Å². The van der Waals surface area contributed by atoms with Crippen LogP contribution >= 0.6 is 7.60 Å². The lowest BCUT2D eigenvalue weighted by atomic mass is 10.1. The van der Waals surface area contributed by atoms with Crippen molar-refractivity contribution in [2.75, 3.05) is 13.2 Å². The van der Waals surface area contributed by atoms with Gasteiger partial charge in [-0.15, -0.1) is 0 Å². The van der Waals surface area contributed by atoms with Crippen LogP contribution in [0.15, 0.2) is 24.3 Å². The summed E-state index contributed by atoms with van der Waals surface area (Å²) in [6.07, 6.45) is -4.39. The van der Waals surface area contributed by atoms with Gasteiger partial charge in [-0.05, 0) is 38.1 Å². The van der Waals surface area contributed by atoms with E-state index in [4.69, 9.17) is 9.05 Å². The first-order chi connectivity index (χ1) is 9.30. The van der Waals surface area contributed by atoms with Gasteiger partial charge in [-0.1, -0.05) is 5.92 Å². The molecule has 0 heterocycles. The van der Waals surface area contributed by atoms with Crippen LogP contribution in [0, 0.1) is 11.6 Å². The summed E-state index contributed by atoms with van der Waals surface area (Å²) in [6.45, 7) is 3.62. The minimum absolute atomic E-state index is 0.166. The van der Waals surface area contributed by atoms with Crippen molar-refractivity contribution < 1.29 is 26.8 Å². The zero-order valence-corrected chi connectivity index (χ0v) is 11.9. The Balaban J connectivity index is 2.93. The molecule has 0 saturated carbocycles. The van der Waals surface area contributed by atoms with Crippen LogP contribution in [0.1, 0.15) is 25.0 Å². The molecule has 0 unspecified atom stereocenters. The van der Waals surface area contributed by atoms with Gasteiger partial charge in [-0.25, -0.2) is 4.57 Å². The van der Waals surface area contributed by atoms with Gasteiger partial charge >= 0.3 is 13.8 Å². The van der Waals surface area contributed by atoms with Crippen molar-refractivity contribution in [3.63, 3.8) is 0 Å². The van der Waals surface area contributed by atoms with Crippen molar-refractivity contribution >= 4 is 7.60 Å². The molecule has 3 nitrogen and oxygen atoms in total. The Labute approximate surface area is 115 Å². The Bertz CT molecular complexity index is 531. The van der Waals surface area contributed by atoms with Crippen LogP contribution < -0.4 is 0 Å². The Morgan fingerprint density at radius 2 is 1.60 bits per heavy atom. The topological polar surface area (TPSA) is 35.5 Å². The summed E-state index contributed by atoms with van der Waals surface area (Å²) in [5.74, 6) is 2.50. The van der Waals surface area contributed by atoms with Crippen molar-refractivity contribution in [3.05, 3.63) is 35.4 Å². The fraction of sp³-hybridized carbons (Fsp3) is 0.385. The first-order valence-corrected chi connectivity index (χ1v) is 7.44. The van der Waals surface area contributed by atoms with E-state index in [1.54, 1.807) is 13.8 Å². The van der Waals surface area contributed by atoms with E-state index in [1.807, 2.05) is 0 Å². The molecule has 0 spiro atoms. The molecule has 20 heavy (non-hydrogen) atoms. The van der Waals surface area contributed by atoms with Crippen molar-refractivity contribution in [1.82, 2.24) is 0 Å². The molecule has 0 fully saturated rings. The zero-order valence-electron chi connectivity index (χ0n) is 11.0. The fourth-order valence-corrected chi connectivity index (χ4v) is 2.47. The molecule has 0 atom stereocenters. The van der Waals surface area contributed by atoms with Gasteiger partial charge in [0.05, 0.1) is 18.8 Å². The van der Waals surface area contributed by atoms with Gasteiger partial charge in [0.1, 0.15) is 0 Å². The minimum Gasteiger partial charge on any atom is -0.300 e. The molecule has 0 saturated heterocycles. The standard InChI is InChI=1S/C13H14F3O3P/c1-3-18-20(17,19-4-2)10-9-11-5-7-12(8-6-11)13(14,15)16/h5-8H,3-4H2,1-2H3. The Kier molecular flexibility index (Phi) is 5.82. The normalized spacial score (nSPS) is 11.8. The maximum atomic E-state index is 12.4. The molecule has 1 rings (SSSR count). The van der Waals surface area contributed by atoms with Crippen LogP contribution in [-0.4, -0.2) is 13.2 Å². The Hall–Kier alpha value is -1.28. The summed E-state index contributed by atoms with van der Waals surface area (Å²) in [5.41, 5.74) is 1.89. The third-order valence-electron chi connectivity index (χ3n) is 2.15. The van der Waals surface area contributed by atoms with Gasteiger partial charge in [0.25, 0.3) is 0 Å². The lowest BCUT2D eigenvalue weighted by Crippen LogP contribution is -2.04. The van der Waals surface area contributed by atoms with Crippen molar-refractivity contribution in [1.29, 1.82) is 0 Å². The van der Waals surface area contributed by atoms with Crippen LogP contribution in [0.25, 0.3) is 0 Å². The number of hydrogen-bond acceptors (Lipinski definition) is 3. The van der Waals surface area contributed by atoms with Crippen LogP contribution in [-0.2, 0) is 19.8 Å². The molecule has 0 radical (unpaired) electrons. The molecule has 0 aliphatic rings. The van der Waals surface area contributed by atoms with Gasteiger partial charge in [0, 0.05) is 11.2 Å². The fourth-order valence-electron chi connectivity index (χ4n) is 1.32. The average Bonchev–Trinajstić information content (AvgIpc) is 2.37. The Morgan fingerprint density at radius 3 is 2.00 bits per heavy atom. The molecule has 0 aliphatic carbocycles. The van der Waals surface area contributed by atoms with Crippen molar-refractivity contribution in [2.24, 2.45) is 0 Å². The van der Waals surface area contributed by atoms with Gasteiger partial charge in [-0.3, -0.25) is 9.05 Å². The third kappa shape index (κ3) is 5.01. The number of rotatable bonds is 4. The SMILES string of the molecule is CCOP(=O)(C#Cc1ccc(C(F)(F)F)cc1)OCC. The summed E-state index contributed by atoms with van der Waals surface area (Å²) in [6, 6.07) is 4.24. The van der Waals surface area contributed by atoms with E-state index in [0.717, 1.165) is 12.1 Å². The maximum Gasteiger partial charge on any atom is 0.416 e. The first kappa shape index (κ1) is 16.8. The largest absolute Gasteiger partial charge is 0.416 e. The highest BCUT2D eigenvalue weighted by Gasteiger charge is 2.29. The molecule has 0 N–H and O–H groups in total. The lowest BCUT2D eigenvalue weighted by Gasteiger charge is -2.09. The second-order valence-corrected chi connectivity index (χ2v) is 5.38. The van der Waals surface area contributed by atoms with E-state index in [0.29, 0.717) is 5.56 Å². The second kappa shape index (κ2) is 6.94. The number of halogens is 3. The number of alkyl halides is 3. The molecule has 0 aromatic heterocycles. The lowest BCUT2D eigenvalue weighted by molar-refractivity contribution is -0.137. The van der Waals surface area contributed by atoms with E-state index in [1.165, 1.54) is 12.1 Å². The predicted octanol–water partition coefficient (Wildman–Crippen LogP) is 4.28. The summed E-state index contributed by atoms with van der Waals surface area (Å²) < 4.78 is 59.0. The van der Waals surface area contributed by atoms with Gasteiger partial charge in [-0.2, -0.15) is 13.2 Å². The smallest absolute Gasteiger partial charge is 0.300 e. The van der Waals surface area contributed by atoms with Gasteiger partial charge in [0.15, 0.2) is 0 Å². The molecule has 0 aliphatic heterocycles. The second-order valence-electron chi connectivity index (χ2n) is 3.64. The summed E-state index contributed by atoms with van der Waals surface area (Å²) in [4.78, 5) is 0. The van der Waals surface area contributed by atoms with Crippen LogP contribution in [0.2, 0.25) is 0 Å². The summed E-state index contributed by atoms with van der Waals surface area (Å²) >= 11 is 0. The third-order valence-corrected chi connectivity index (χ3v) is 3.73. The van der Waals surface area contributed by atoms with Gasteiger partial charge < -0.3 is 0 Å². The molecule has 7 heteroatoms. The minimum atomic E-state index is -4.39. The van der Waals surface area contributed by atoms with Gasteiger partial charge in [0.2, 0.25) is 0 Å². The zero-order chi connectivity index (χ0) is 15.2. The highest BCUT2D eigenvalue weighted by atomic mass is 31.2. The van der Waals surface area contributed by atoms with E-state index in [2.05, 4.69) is 11.6 Å². The van der Waals surface area contributed by atoms with Crippen LogP contribution in [0.3, 0.4) is 0 Å². The van der Waals surface area contributed by atoms with Crippen molar-refractivity contribution in [2.45, 2.75) is 20.0 Å². The molecule has 0 bridgehead atoms. The first-order valence-electron chi connectivity index (χ1n) is 5.90. The highest BCUT2D eigenvalue weighted by molar-refractivity contribution is 7.59. The van der Waals surface area contributed by atoms with Crippen molar-refractivity contribution in [3.8, 4) is 11.6 Å². The molecule has 1 aromatic rings. The number of hydrogen-bond donors (Lipinski definition) is 0. The van der Waals surface area contributed by atoms with E-state index in [-0.39, 0.29) is 13.2 Å². The molecular formula is C13H14F3O3P. The number of benzene rings is 1. The molecule has 0 amide bonds. The van der Waals surface area contributed by atoms with Crippen LogP contribution in [0.5, 0.6) is 0 Å². The quantitative estimate of drug-likeness (QED) is 0.615. The van der Waals surface area contributed by atoms with E-state index in [9.17, 15) is 17.7 Å². The Morgan fingerprint density at radius 1 is 1.10 bits per heavy atom.